The van der Waals surface area contributed by atoms with Gasteiger partial charge in [-0.25, -0.2) is 4.98 Å². The second-order valence-corrected chi connectivity index (χ2v) is 3.70. The molecule has 3 nitrogen and oxygen atoms in total. The summed E-state index contributed by atoms with van der Waals surface area (Å²) in [5.74, 6) is 1.16. The summed E-state index contributed by atoms with van der Waals surface area (Å²) in [6, 6.07) is 0. The third-order valence-electron chi connectivity index (χ3n) is 2.01. The van der Waals surface area contributed by atoms with Gasteiger partial charge in [0.15, 0.2) is 0 Å². The van der Waals surface area contributed by atoms with Crippen molar-refractivity contribution in [1.29, 1.82) is 0 Å². The molecular formula is C7H12BrCl2N3. The van der Waals surface area contributed by atoms with Crippen LogP contribution in [0.3, 0.4) is 0 Å². The van der Waals surface area contributed by atoms with Crippen molar-refractivity contribution in [2.75, 3.05) is 13.6 Å². The monoisotopic (exact) mass is 287 g/mol. The van der Waals surface area contributed by atoms with Crippen molar-refractivity contribution in [2.45, 2.75) is 13.1 Å². The highest BCUT2D eigenvalue weighted by atomic mass is 79.9. The lowest BCUT2D eigenvalue weighted by atomic mass is 10.4. The van der Waals surface area contributed by atoms with E-state index in [4.69, 9.17) is 0 Å². The molecule has 0 radical (unpaired) electrons. The molecule has 0 saturated carbocycles. The zero-order valence-corrected chi connectivity index (χ0v) is 10.5. The van der Waals surface area contributed by atoms with E-state index in [9.17, 15) is 0 Å². The van der Waals surface area contributed by atoms with Crippen LogP contribution < -0.4 is 0 Å². The van der Waals surface area contributed by atoms with E-state index in [1.165, 1.54) is 0 Å². The maximum Gasteiger partial charge on any atom is 0.123 e. The zero-order valence-electron chi connectivity index (χ0n) is 7.23. The molecule has 1 aliphatic rings. The van der Waals surface area contributed by atoms with Gasteiger partial charge in [-0.05, 0) is 23.0 Å². The first kappa shape index (κ1) is 13.2. The fourth-order valence-corrected chi connectivity index (χ4v) is 1.83. The molecule has 2 heterocycles. The molecular weight excluding hydrogens is 277 g/mol. The van der Waals surface area contributed by atoms with Crippen molar-refractivity contribution in [2.24, 2.45) is 0 Å². The standard InChI is InChI=1S/C7H10BrN3.2ClH/c1-10-2-3-11-6(8)4-9-7(11)5-10;;/h4H,2-3,5H2,1H3;2*1H. The largest absolute Gasteiger partial charge is 0.320 e. The number of nitrogens with zero attached hydrogens (tertiary/aromatic N) is 3. The summed E-state index contributed by atoms with van der Waals surface area (Å²) in [6.45, 7) is 3.12. The number of imidazole rings is 1. The Kier molecular flexibility index (Phi) is 5.29. The smallest absolute Gasteiger partial charge is 0.123 e. The summed E-state index contributed by atoms with van der Waals surface area (Å²) >= 11 is 3.45. The molecule has 76 valence electrons. The third kappa shape index (κ3) is 2.59. The summed E-state index contributed by atoms with van der Waals surface area (Å²) in [5, 5.41) is 0. The van der Waals surface area contributed by atoms with Crippen molar-refractivity contribution in [3.05, 3.63) is 16.6 Å². The third-order valence-corrected chi connectivity index (χ3v) is 2.64. The van der Waals surface area contributed by atoms with E-state index in [1.54, 1.807) is 0 Å². The number of rotatable bonds is 0. The normalized spacial score (nSPS) is 15.5. The van der Waals surface area contributed by atoms with E-state index >= 15 is 0 Å². The summed E-state index contributed by atoms with van der Waals surface area (Å²) in [5.41, 5.74) is 0. The molecule has 13 heavy (non-hydrogen) atoms. The Hall–Kier alpha value is 0.230. The second-order valence-electron chi connectivity index (χ2n) is 2.89. The van der Waals surface area contributed by atoms with Gasteiger partial charge in [0, 0.05) is 13.1 Å². The summed E-state index contributed by atoms with van der Waals surface area (Å²) in [4.78, 5) is 6.55. The molecule has 0 bridgehead atoms. The van der Waals surface area contributed by atoms with E-state index in [0.717, 1.165) is 30.1 Å². The van der Waals surface area contributed by atoms with Gasteiger partial charge in [-0.15, -0.1) is 24.8 Å². The molecule has 6 heteroatoms. The molecule has 1 aliphatic heterocycles. The first-order valence-electron chi connectivity index (χ1n) is 3.66. The van der Waals surface area contributed by atoms with Gasteiger partial charge in [-0.1, -0.05) is 0 Å². The highest BCUT2D eigenvalue weighted by molar-refractivity contribution is 9.10. The molecule has 0 N–H and O–H groups in total. The Morgan fingerprint density at radius 3 is 2.77 bits per heavy atom. The van der Waals surface area contributed by atoms with Gasteiger partial charge in [0.1, 0.15) is 10.4 Å². The van der Waals surface area contributed by atoms with Crippen molar-refractivity contribution in [3.8, 4) is 0 Å². The fraction of sp³-hybridized carbons (Fsp3) is 0.571. The molecule has 0 aromatic carbocycles. The van der Waals surface area contributed by atoms with E-state index in [0.29, 0.717) is 0 Å². The van der Waals surface area contributed by atoms with Gasteiger partial charge < -0.3 is 4.57 Å². The molecule has 1 aromatic rings. The first-order chi connectivity index (χ1) is 5.27. The van der Waals surface area contributed by atoms with E-state index in [1.807, 2.05) is 6.20 Å². The van der Waals surface area contributed by atoms with Crippen LogP contribution in [-0.2, 0) is 13.1 Å². The maximum atomic E-state index is 4.28. The van der Waals surface area contributed by atoms with Crippen LogP contribution in [0.5, 0.6) is 0 Å². The van der Waals surface area contributed by atoms with E-state index in [2.05, 4.69) is 37.4 Å². The van der Waals surface area contributed by atoms with Crippen LogP contribution in [0.2, 0.25) is 0 Å². The minimum Gasteiger partial charge on any atom is -0.320 e. The van der Waals surface area contributed by atoms with Crippen LogP contribution >= 0.6 is 40.7 Å². The van der Waals surface area contributed by atoms with E-state index in [-0.39, 0.29) is 24.8 Å². The van der Waals surface area contributed by atoms with Gasteiger partial charge in [-0.2, -0.15) is 0 Å². The summed E-state index contributed by atoms with van der Waals surface area (Å²) in [6.07, 6.45) is 1.87. The predicted octanol–water partition coefficient (Wildman–Crippen LogP) is 1.93. The van der Waals surface area contributed by atoms with Crippen molar-refractivity contribution >= 4 is 40.7 Å². The number of aromatic nitrogens is 2. The van der Waals surface area contributed by atoms with Crippen LogP contribution in [0.4, 0.5) is 0 Å². The lowest BCUT2D eigenvalue weighted by molar-refractivity contribution is 0.263. The molecule has 1 aromatic heterocycles. The zero-order chi connectivity index (χ0) is 7.84. The van der Waals surface area contributed by atoms with Gasteiger partial charge in [0.2, 0.25) is 0 Å². The van der Waals surface area contributed by atoms with Crippen LogP contribution in [0.1, 0.15) is 5.82 Å². The Labute approximate surface area is 98.5 Å². The highest BCUT2D eigenvalue weighted by Crippen LogP contribution is 2.16. The first-order valence-corrected chi connectivity index (χ1v) is 4.45. The van der Waals surface area contributed by atoms with Crippen LogP contribution in [-0.4, -0.2) is 28.0 Å². The topological polar surface area (TPSA) is 21.1 Å². The van der Waals surface area contributed by atoms with Crippen molar-refractivity contribution in [3.63, 3.8) is 0 Å². The average Bonchev–Trinajstić information content (AvgIpc) is 2.32. The molecule has 2 rings (SSSR count). The number of halogens is 3. The van der Waals surface area contributed by atoms with Gasteiger partial charge in [-0.3, -0.25) is 4.90 Å². The maximum absolute atomic E-state index is 4.28. The average molecular weight is 289 g/mol. The minimum atomic E-state index is 0. The summed E-state index contributed by atoms with van der Waals surface area (Å²) in [7, 11) is 2.12. The Morgan fingerprint density at radius 2 is 2.08 bits per heavy atom. The van der Waals surface area contributed by atoms with Gasteiger partial charge in [0.05, 0.1) is 12.7 Å². The molecule has 0 atom stereocenters. The number of hydrogen-bond donors (Lipinski definition) is 0. The molecule has 0 aliphatic carbocycles. The highest BCUT2D eigenvalue weighted by Gasteiger charge is 2.15. The minimum absolute atomic E-state index is 0. The Bertz CT molecular complexity index is 277. The predicted molar refractivity (Wildman–Crippen MR) is 60.8 cm³/mol. The Balaban J connectivity index is 0.000000720. The number of hydrogen-bond acceptors (Lipinski definition) is 2. The van der Waals surface area contributed by atoms with Crippen LogP contribution in [0, 0.1) is 0 Å². The second kappa shape index (κ2) is 5.20. The molecule has 0 fully saturated rings. The van der Waals surface area contributed by atoms with Gasteiger partial charge in [0.25, 0.3) is 0 Å². The van der Waals surface area contributed by atoms with Gasteiger partial charge >= 0.3 is 0 Å². The lowest BCUT2D eigenvalue weighted by Gasteiger charge is -2.23. The quantitative estimate of drug-likeness (QED) is 0.727. The van der Waals surface area contributed by atoms with E-state index < -0.39 is 0 Å². The fourth-order valence-electron chi connectivity index (χ4n) is 1.34. The molecule has 0 unspecified atom stereocenters. The molecule has 0 amide bonds. The Morgan fingerprint density at radius 1 is 1.38 bits per heavy atom. The molecule has 0 saturated heterocycles. The number of fused-ring (bicyclic) bond motifs is 1. The summed E-state index contributed by atoms with van der Waals surface area (Å²) < 4.78 is 3.31. The SMILES string of the molecule is CN1CCn2c(Br)cnc2C1.Cl.Cl. The van der Waals surface area contributed by atoms with Crippen LogP contribution in [0.15, 0.2) is 10.8 Å². The van der Waals surface area contributed by atoms with Crippen molar-refractivity contribution in [1.82, 2.24) is 14.5 Å². The van der Waals surface area contributed by atoms with Crippen LogP contribution in [0.25, 0.3) is 0 Å². The number of likely N-dealkylation sites (N-methyl/N-ethyl adjacent to an activating group) is 1. The van der Waals surface area contributed by atoms with Crippen molar-refractivity contribution < 1.29 is 0 Å². The molecule has 0 spiro atoms. The lowest BCUT2D eigenvalue weighted by Crippen LogP contribution is -2.30.